The molecule has 0 saturated carbocycles. The number of nitrogens with zero attached hydrogens (tertiary/aromatic N) is 2. The second kappa shape index (κ2) is 8.63. The van der Waals surface area contributed by atoms with Crippen LogP contribution in [0.15, 0.2) is 60.4 Å². The molecule has 0 amide bonds. The topological polar surface area (TPSA) is 61.1 Å². The molecule has 4 nitrogen and oxygen atoms in total. The molecule has 23 heavy (non-hydrogen) atoms. The molecule has 0 saturated heterocycles. The molecular weight excluding hydrogens is 284 g/mol. The first-order chi connectivity index (χ1) is 10.9. The van der Waals surface area contributed by atoms with Gasteiger partial charge in [0.1, 0.15) is 0 Å². The normalized spacial score (nSPS) is 11.3. The Morgan fingerprint density at radius 3 is 2.61 bits per heavy atom. The van der Waals surface area contributed by atoms with Crippen molar-refractivity contribution in [2.75, 3.05) is 11.9 Å². The summed E-state index contributed by atoms with van der Waals surface area (Å²) in [6, 6.07) is 1.88. The van der Waals surface area contributed by atoms with E-state index in [0.717, 1.165) is 28.2 Å². The molecule has 1 aromatic heterocycles. The van der Waals surface area contributed by atoms with E-state index in [1.165, 1.54) is 0 Å². The molecule has 1 aromatic rings. The van der Waals surface area contributed by atoms with Crippen LogP contribution in [-0.4, -0.2) is 23.5 Å². The van der Waals surface area contributed by atoms with Crippen LogP contribution in [0, 0.1) is 5.41 Å². The van der Waals surface area contributed by atoms with Crippen LogP contribution in [0.3, 0.4) is 0 Å². The van der Waals surface area contributed by atoms with Crippen LogP contribution in [0.4, 0.5) is 5.69 Å². The Hall–Kier alpha value is -2.75. The number of aliphatic imine (C=N–C) groups is 1. The maximum atomic E-state index is 8.27. The minimum atomic E-state index is 0.382. The fourth-order valence-corrected chi connectivity index (χ4v) is 1.84. The van der Waals surface area contributed by atoms with E-state index in [0.29, 0.717) is 17.8 Å². The lowest BCUT2D eigenvalue weighted by Crippen LogP contribution is -2.09. The van der Waals surface area contributed by atoms with Gasteiger partial charge in [0.2, 0.25) is 0 Å². The quantitative estimate of drug-likeness (QED) is 0.543. The molecule has 0 unspecified atom stereocenters. The lowest BCUT2D eigenvalue weighted by molar-refractivity contribution is 1.23. The Bertz CT molecular complexity index is 693. The van der Waals surface area contributed by atoms with Crippen molar-refractivity contribution in [1.82, 2.24) is 4.98 Å². The zero-order valence-corrected chi connectivity index (χ0v) is 14.1. The molecule has 0 aliphatic rings. The van der Waals surface area contributed by atoms with Crippen molar-refractivity contribution >= 4 is 23.2 Å². The summed E-state index contributed by atoms with van der Waals surface area (Å²) in [5.41, 5.74) is 4.97. The maximum absolute atomic E-state index is 8.27. The highest BCUT2D eigenvalue weighted by atomic mass is 14.9. The van der Waals surface area contributed by atoms with Gasteiger partial charge in [-0.1, -0.05) is 25.3 Å². The largest absolute Gasteiger partial charge is 0.380 e. The number of nitrogens with one attached hydrogen (secondary N) is 2. The SMILES string of the molecule is C=CCNc1cnc(/C(C=NC(=C)C)=C/C)cc1C(=N)C(=C)C. The summed E-state index contributed by atoms with van der Waals surface area (Å²) in [5, 5.41) is 11.5. The first-order valence-corrected chi connectivity index (χ1v) is 7.36. The van der Waals surface area contributed by atoms with Crippen molar-refractivity contribution < 1.29 is 0 Å². The second-order valence-corrected chi connectivity index (χ2v) is 5.18. The average molecular weight is 308 g/mol. The maximum Gasteiger partial charge on any atom is 0.0722 e. The van der Waals surface area contributed by atoms with Gasteiger partial charge in [0, 0.05) is 29.6 Å². The molecular formula is C19H24N4. The van der Waals surface area contributed by atoms with E-state index in [-0.39, 0.29) is 0 Å². The van der Waals surface area contributed by atoms with Crippen molar-refractivity contribution in [1.29, 1.82) is 5.41 Å². The average Bonchev–Trinajstić information content (AvgIpc) is 2.52. The summed E-state index contributed by atoms with van der Waals surface area (Å²) in [6.07, 6.45) is 7.15. The number of pyridine rings is 1. The lowest BCUT2D eigenvalue weighted by Gasteiger charge is -2.13. The molecule has 0 bridgehead atoms. The van der Waals surface area contributed by atoms with Crippen LogP contribution in [0.1, 0.15) is 32.0 Å². The van der Waals surface area contributed by atoms with Crippen molar-refractivity contribution in [3.05, 3.63) is 66.7 Å². The van der Waals surface area contributed by atoms with Gasteiger partial charge in [-0.3, -0.25) is 15.4 Å². The van der Waals surface area contributed by atoms with Crippen molar-refractivity contribution in [3.8, 4) is 0 Å². The number of allylic oxidation sites excluding steroid dienone is 4. The van der Waals surface area contributed by atoms with Gasteiger partial charge in [-0.25, -0.2) is 0 Å². The number of rotatable bonds is 8. The molecule has 0 radical (unpaired) electrons. The fourth-order valence-electron chi connectivity index (χ4n) is 1.84. The van der Waals surface area contributed by atoms with E-state index in [9.17, 15) is 0 Å². The smallest absolute Gasteiger partial charge is 0.0722 e. The molecule has 0 aromatic carbocycles. The van der Waals surface area contributed by atoms with Gasteiger partial charge in [-0.2, -0.15) is 0 Å². The Labute approximate surface area is 138 Å². The molecule has 4 heteroatoms. The number of hydrogen-bond acceptors (Lipinski definition) is 4. The summed E-state index contributed by atoms with van der Waals surface area (Å²) in [6.45, 7) is 17.5. The van der Waals surface area contributed by atoms with Crippen LogP contribution < -0.4 is 5.32 Å². The van der Waals surface area contributed by atoms with E-state index in [1.54, 1.807) is 18.5 Å². The molecule has 120 valence electrons. The third-order valence-corrected chi connectivity index (χ3v) is 3.07. The summed E-state index contributed by atoms with van der Waals surface area (Å²) >= 11 is 0. The van der Waals surface area contributed by atoms with E-state index in [1.807, 2.05) is 32.9 Å². The first-order valence-electron chi connectivity index (χ1n) is 7.36. The van der Waals surface area contributed by atoms with Crippen LogP contribution in [-0.2, 0) is 0 Å². The van der Waals surface area contributed by atoms with Gasteiger partial charge in [0.15, 0.2) is 0 Å². The summed E-state index contributed by atoms with van der Waals surface area (Å²) in [4.78, 5) is 8.70. The highest BCUT2D eigenvalue weighted by Crippen LogP contribution is 2.22. The van der Waals surface area contributed by atoms with Crippen molar-refractivity contribution in [3.63, 3.8) is 0 Å². The van der Waals surface area contributed by atoms with Gasteiger partial charge >= 0.3 is 0 Å². The minimum Gasteiger partial charge on any atom is -0.380 e. The predicted octanol–water partition coefficient (Wildman–Crippen LogP) is 4.63. The molecule has 1 rings (SSSR count). The monoisotopic (exact) mass is 308 g/mol. The molecule has 2 N–H and O–H groups in total. The molecule has 1 heterocycles. The Morgan fingerprint density at radius 2 is 2.09 bits per heavy atom. The third kappa shape index (κ3) is 5.18. The van der Waals surface area contributed by atoms with E-state index in [2.05, 4.69) is 35.0 Å². The van der Waals surface area contributed by atoms with Gasteiger partial charge in [0.05, 0.1) is 23.3 Å². The zero-order valence-electron chi connectivity index (χ0n) is 14.1. The number of hydrogen-bond donors (Lipinski definition) is 2. The second-order valence-electron chi connectivity index (χ2n) is 5.18. The van der Waals surface area contributed by atoms with Crippen LogP contribution in [0.25, 0.3) is 5.57 Å². The van der Waals surface area contributed by atoms with E-state index >= 15 is 0 Å². The molecule has 0 aliphatic carbocycles. The fraction of sp³-hybridized carbons (Fsp3) is 0.211. The molecule has 0 spiro atoms. The molecule has 0 aliphatic heterocycles. The number of anilines is 1. The van der Waals surface area contributed by atoms with Gasteiger partial charge in [-0.15, -0.1) is 6.58 Å². The highest BCUT2D eigenvalue weighted by molar-refractivity contribution is 6.15. The summed E-state index contributed by atoms with van der Waals surface area (Å²) < 4.78 is 0. The van der Waals surface area contributed by atoms with E-state index in [4.69, 9.17) is 5.41 Å². The van der Waals surface area contributed by atoms with Gasteiger partial charge in [-0.05, 0) is 32.4 Å². The minimum absolute atomic E-state index is 0.382. The van der Waals surface area contributed by atoms with Crippen molar-refractivity contribution in [2.24, 2.45) is 4.99 Å². The standard InChI is InChI=1S/C19H24N4/c1-7-9-21-18-12-23-17(10-16(18)19(20)13(3)4)15(8-2)11-22-14(5)6/h7-8,10-12,20-21H,1,3,5,9H2,2,4,6H3/b15-8+,20-19?,22-11?. The lowest BCUT2D eigenvalue weighted by atomic mass is 10.0. The molecule has 0 fully saturated rings. The Morgan fingerprint density at radius 1 is 1.39 bits per heavy atom. The Kier molecular flexibility index (Phi) is 6.87. The molecule has 0 atom stereocenters. The number of aromatic nitrogens is 1. The highest BCUT2D eigenvalue weighted by Gasteiger charge is 2.12. The predicted molar refractivity (Wildman–Crippen MR) is 102 cm³/mol. The van der Waals surface area contributed by atoms with E-state index < -0.39 is 0 Å². The first kappa shape index (κ1) is 18.3. The Balaban J connectivity index is 3.34. The zero-order chi connectivity index (χ0) is 17.4. The van der Waals surface area contributed by atoms with Gasteiger partial charge < -0.3 is 5.32 Å². The van der Waals surface area contributed by atoms with Crippen LogP contribution >= 0.6 is 0 Å². The van der Waals surface area contributed by atoms with Crippen molar-refractivity contribution in [2.45, 2.75) is 20.8 Å². The summed E-state index contributed by atoms with van der Waals surface area (Å²) in [5.74, 6) is 0. The third-order valence-electron chi connectivity index (χ3n) is 3.07. The van der Waals surface area contributed by atoms with Crippen LogP contribution in [0.5, 0.6) is 0 Å². The van der Waals surface area contributed by atoms with Gasteiger partial charge in [0.25, 0.3) is 0 Å². The van der Waals surface area contributed by atoms with Crippen LogP contribution in [0.2, 0.25) is 0 Å². The summed E-state index contributed by atoms with van der Waals surface area (Å²) in [7, 11) is 0.